The van der Waals surface area contributed by atoms with Gasteiger partial charge in [-0.25, -0.2) is 4.98 Å². The molecular weight excluding hydrogens is 346 g/mol. The van der Waals surface area contributed by atoms with Crippen molar-refractivity contribution >= 4 is 38.6 Å². The van der Waals surface area contributed by atoms with Crippen LogP contribution in [0, 0.1) is 6.92 Å². The summed E-state index contributed by atoms with van der Waals surface area (Å²) in [4.78, 5) is 31.8. The van der Waals surface area contributed by atoms with Gasteiger partial charge in [0.1, 0.15) is 11.2 Å². The quantitative estimate of drug-likeness (QED) is 0.739. The number of fused-ring (bicyclic) bond motifs is 1. The van der Waals surface area contributed by atoms with Gasteiger partial charge < -0.3 is 10.3 Å². The fraction of sp³-hybridized carbons (Fsp3) is 0.0625. The highest BCUT2D eigenvalue weighted by Gasteiger charge is 2.13. The molecule has 1 amide bonds. The lowest BCUT2D eigenvalue weighted by molar-refractivity contribution is 0.102. The van der Waals surface area contributed by atoms with Gasteiger partial charge in [0.2, 0.25) is 5.43 Å². The van der Waals surface area contributed by atoms with Crippen LogP contribution in [-0.4, -0.2) is 15.9 Å². The van der Waals surface area contributed by atoms with Crippen molar-refractivity contribution < 1.29 is 4.79 Å². The predicted octanol–water partition coefficient (Wildman–Crippen LogP) is 3.25. The number of carbonyl (C=O) groups is 1. The molecule has 0 fully saturated rings. The highest BCUT2D eigenvalue weighted by Crippen LogP contribution is 2.16. The highest BCUT2D eigenvalue weighted by molar-refractivity contribution is 9.10. The number of halogens is 1. The van der Waals surface area contributed by atoms with E-state index in [4.69, 9.17) is 0 Å². The lowest BCUT2D eigenvalue weighted by Gasteiger charge is -2.06. The second kappa shape index (κ2) is 5.73. The average molecular weight is 358 g/mol. The molecule has 0 aliphatic carbocycles. The van der Waals surface area contributed by atoms with Crippen LogP contribution in [-0.2, 0) is 0 Å². The number of hydrogen-bond acceptors (Lipinski definition) is 3. The molecule has 0 aliphatic heterocycles. The second-order valence-electron chi connectivity index (χ2n) is 4.84. The third-order valence-corrected chi connectivity index (χ3v) is 3.70. The minimum atomic E-state index is -0.457. The fourth-order valence-electron chi connectivity index (χ4n) is 2.13. The van der Waals surface area contributed by atoms with E-state index in [9.17, 15) is 9.59 Å². The number of aryl methyl sites for hydroxylation is 1. The lowest BCUT2D eigenvalue weighted by Crippen LogP contribution is -2.22. The SMILES string of the molecule is Cc1ccc2c(=O)c(C(=O)Nc3cccc(Br)c3)c[nH]c2n1. The van der Waals surface area contributed by atoms with Crippen LogP contribution >= 0.6 is 15.9 Å². The average Bonchev–Trinajstić information content (AvgIpc) is 2.47. The van der Waals surface area contributed by atoms with Crippen LogP contribution < -0.4 is 10.7 Å². The summed E-state index contributed by atoms with van der Waals surface area (Å²) in [5, 5.41) is 3.10. The Balaban J connectivity index is 1.99. The van der Waals surface area contributed by atoms with Crippen LogP contribution in [0.1, 0.15) is 16.1 Å². The Bertz CT molecular complexity index is 934. The maximum Gasteiger partial charge on any atom is 0.261 e. The summed E-state index contributed by atoms with van der Waals surface area (Å²) in [6, 6.07) is 10.6. The van der Waals surface area contributed by atoms with Crippen LogP contribution in [0.3, 0.4) is 0 Å². The van der Waals surface area contributed by atoms with Crippen LogP contribution in [0.15, 0.2) is 51.9 Å². The van der Waals surface area contributed by atoms with Crippen molar-refractivity contribution in [3.63, 3.8) is 0 Å². The van der Waals surface area contributed by atoms with E-state index in [2.05, 4.69) is 31.2 Å². The molecule has 0 saturated carbocycles. The zero-order valence-electron chi connectivity index (χ0n) is 11.7. The van der Waals surface area contributed by atoms with Crippen molar-refractivity contribution in [1.29, 1.82) is 0 Å². The summed E-state index contributed by atoms with van der Waals surface area (Å²) in [6.45, 7) is 1.84. The molecular formula is C16H12BrN3O2. The van der Waals surface area contributed by atoms with Gasteiger partial charge in [0.25, 0.3) is 5.91 Å². The zero-order valence-corrected chi connectivity index (χ0v) is 13.3. The molecule has 2 heterocycles. The van der Waals surface area contributed by atoms with Crippen LogP contribution in [0.5, 0.6) is 0 Å². The van der Waals surface area contributed by atoms with Gasteiger partial charge >= 0.3 is 0 Å². The molecule has 0 aliphatic rings. The predicted molar refractivity (Wildman–Crippen MR) is 89.2 cm³/mol. The smallest absolute Gasteiger partial charge is 0.261 e. The summed E-state index contributed by atoms with van der Waals surface area (Å²) >= 11 is 3.33. The Morgan fingerprint density at radius 2 is 2.09 bits per heavy atom. The van der Waals surface area contributed by atoms with Crippen molar-refractivity contribution in [3.05, 3.63) is 68.5 Å². The normalized spacial score (nSPS) is 10.6. The maximum absolute atomic E-state index is 12.4. The van der Waals surface area contributed by atoms with Gasteiger partial charge in [-0.3, -0.25) is 9.59 Å². The van der Waals surface area contributed by atoms with Gasteiger partial charge in [0.15, 0.2) is 0 Å². The first-order valence-electron chi connectivity index (χ1n) is 6.60. The van der Waals surface area contributed by atoms with Crippen LogP contribution in [0.4, 0.5) is 5.69 Å². The number of carbonyl (C=O) groups excluding carboxylic acids is 1. The Hall–Kier alpha value is -2.47. The van der Waals surface area contributed by atoms with Gasteiger partial charge in [-0.15, -0.1) is 0 Å². The number of H-pyrrole nitrogens is 1. The van der Waals surface area contributed by atoms with Gasteiger partial charge in [-0.05, 0) is 37.3 Å². The molecule has 110 valence electrons. The standard InChI is InChI=1S/C16H12BrN3O2/c1-9-5-6-12-14(21)13(8-18-15(12)19-9)16(22)20-11-4-2-3-10(17)7-11/h2-8H,1H3,(H,20,22)(H,18,19,21). The van der Waals surface area contributed by atoms with E-state index in [0.717, 1.165) is 10.2 Å². The maximum atomic E-state index is 12.4. The molecule has 5 nitrogen and oxygen atoms in total. The van der Waals surface area contributed by atoms with E-state index in [-0.39, 0.29) is 11.0 Å². The Kier molecular flexibility index (Phi) is 3.77. The van der Waals surface area contributed by atoms with Crippen molar-refractivity contribution in [3.8, 4) is 0 Å². The topological polar surface area (TPSA) is 74.8 Å². The number of anilines is 1. The van der Waals surface area contributed by atoms with Crippen molar-refractivity contribution in [2.75, 3.05) is 5.32 Å². The fourth-order valence-corrected chi connectivity index (χ4v) is 2.53. The number of nitrogens with one attached hydrogen (secondary N) is 2. The number of rotatable bonds is 2. The molecule has 1 aromatic carbocycles. The van der Waals surface area contributed by atoms with E-state index < -0.39 is 5.91 Å². The van der Waals surface area contributed by atoms with E-state index in [0.29, 0.717) is 16.7 Å². The Morgan fingerprint density at radius 1 is 1.27 bits per heavy atom. The number of benzene rings is 1. The monoisotopic (exact) mass is 357 g/mol. The molecule has 0 radical (unpaired) electrons. The first kappa shape index (κ1) is 14.5. The van der Waals surface area contributed by atoms with Gasteiger partial charge in [0.05, 0.1) is 5.39 Å². The largest absolute Gasteiger partial charge is 0.345 e. The third kappa shape index (κ3) is 2.78. The molecule has 6 heteroatoms. The molecule has 22 heavy (non-hydrogen) atoms. The third-order valence-electron chi connectivity index (χ3n) is 3.20. The van der Waals surface area contributed by atoms with Gasteiger partial charge in [-0.1, -0.05) is 22.0 Å². The number of aromatic amines is 1. The molecule has 0 unspecified atom stereocenters. The number of nitrogens with zero attached hydrogens (tertiary/aromatic N) is 1. The summed E-state index contributed by atoms with van der Waals surface area (Å²) in [5.41, 5.74) is 1.60. The summed E-state index contributed by atoms with van der Waals surface area (Å²) in [6.07, 6.45) is 1.39. The van der Waals surface area contributed by atoms with Crippen molar-refractivity contribution in [2.24, 2.45) is 0 Å². The van der Waals surface area contributed by atoms with Crippen LogP contribution in [0.2, 0.25) is 0 Å². The minimum Gasteiger partial charge on any atom is -0.345 e. The van der Waals surface area contributed by atoms with Crippen LogP contribution in [0.25, 0.3) is 11.0 Å². The molecule has 0 atom stereocenters. The Labute approximate surface area is 134 Å². The molecule has 2 aromatic heterocycles. The number of amides is 1. The molecule has 2 N–H and O–H groups in total. The first-order valence-corrected chi connectivity index (χ1v) is 7.40. The molecule has 0 saturated heterocycles. The summed E-state index contributed by atoms with van der Waals surface area (Å²) < 4.78 is 0.845. The highest BCUT2D eigenvalue weighted by atomic mass is 79.9. The van der Waals surface area contributed by atoms with Gasteiger partial charge in [-0.2, -0.15) is 0 Å². The van der Waals surface area contributed by atoms with Gasteiger partial charge in [0, 0.05) is 22.1 Å². The molecule has 0 bridgehead atoms. The minimum absolute atomic E-state index is 0.0538. The van der Waals surface area contributed by atoms with Crippen molar-refractivity contribution in [2.45, 2.75) is 6.92 Å². The summed E-state index contributed by atoms with van der Waals surface area (Å²) in [5.74, 6) is -0.457. The number of aromatic nitrogens is 2. The zero-order chi connectivity index (χ0) is 15.7. The number of hydrogen-bond donors (Lipinski definition) is 2. The van der Waals surface area contributed by atoms with E-state index in [1.807, 2.05) is 13.0 Å². The molecule has 3 rings (SSSR count). The van der Waals surface area contributed by atoms with E-state index >= 15 is 0 Å². The lowest BCUT2D eigenvalue weighted by atomic mass is 10.1. The molecule has 0 spiro atoms. The van der Waals surface area contributed by atoms with Crippen molar-refractivity contribution in [1.82, 2.24) is 9.97 Å². The molecule has 3 aromatic rings. The van der Waals surface area contributed by atoms with E-state index in [1.165, 1.54) is 6.20 Å². The number of pyridine rings is 2. The summed E-state index contributed by atoms with van der Waals surface area (Å²) in [7, 11) is 0. The Morgan fingerprint density at radius 3 is 2.86 bits per heavy atom. The first-order chi connectivity index (χ1) is 10.5. The second-order valence-corrected chi connectivity index (χ2v) is 5.76. The van der Waals surface area contributed by atoms with E-state index in [1.54, 1.807) is 30.3 Å².